The predicted molar refractivity (Wildman–Crippen MR) is 62.6 cm³/mol. The monoisotopic (exact) mass is 190 g/mol. The van der Waals surface area contributed by atoms with Crippen molar-refractivity contribution in [2.75, 3.05) is 20.6 Å². The molecule has 0 fully saturated rings. The number of aliphatic imine (C=N–C) groups is 1. The summed E-state index contributed by atoms with van der Waals surface area (Å²) in [6, 6.07) is 0. The van der Waals surface area contributed by atoms with Crippen molar-refractivity contribution in [2.45, 2.75) is 12.8 Å². The summed E-state index contributed by atoms with van der Waals surface area (Å²) in [6.45, 7) is 0.929. The first-order valence-corrected chi connectivity index (χ1v) is 4.96. The van der Waals surface area contributed by atoms with E-state index in [4.69, 9.17) is 0 Å². The van der Waals surface area contributed by atoms with Crippen LogP contribution in [-0.4, -0.2) is 31.3 Å². The molecule has 1 aliphatic rings. The third kappa shape index (κ3) is 4.77. The van der Waals surface area contributed by atoms with Crippen LogP contribution in [0.15, 0.2) is 41.6 Å². The average molecular weight is 190 g/mol. The van der Waals surface area contributed by atoms with Crippen molar-refractivity contribution in [2.24, 2.45) is 4.99 Å². The van der Waals surface area contributed by atoms with E-state index < -0.39 is 0 Å². The summed E-state index contributed by atoms with van der Waals surface area (Å²) in [5.74, 6) is 0. The van der Waals surface area contributed by atoms with Crippen LogP contribution in [0.5, 0.6) is 0 Å². The van der Waals surface area contributed by atoms with E-state index in [1.54, 1.807) is 0 Å². The van der Waals surface area contributed by atoms with Crippen LogP contribution in [0.3, 0.4) is 0 Å². The van der Waals surface area contributed by atoms with Gasteiger partial charge < -0.3 is 4.90 Å². The molecule has 0 saturated carbocycles. The summed E-state index contributed by atoms with van der Waals surface area (Å²) in [5, 5.41) is 0. The van der Waals surface area contributed by atoms with Crippen molar-refractivity contribution < 1.29 is 0 Å². The zero-order chi connectivity index (χ0) is 10.2. The zero-order valence-electron chi connectivity index (χ0n) is 8.98. The van der Waals surface area contributed by atoms with Crippen LogP contribution in [0.4, 0.5) is 0 Å². The molecular weight excluding hydrogens is 172 g/mol. The second-order valence-electron chi connectivity index (χ2n) is 3.61. The van der Waals surface area contributed by atoms with Gasteiger partial charge in [-0.2, -0.15) is 0 Å². The molecule has 0 aromatic rings. The van der Waals surface area contributed by atoms with Crippen LogP contribution in [0.2, 0.25) is 0 Å². The Morgan fingerprint density at radius 3 is 2.79 bits per heavy atom. The molecule has 1 aliphatic heterocycles. The second kappa shape index (κ2) is 6.33. The number of hydrogen-bond donors (Lipinski definition) is 0. The third-order valence-corrected chi connectivity index (χ3v) is 1.87. The van der Waals surface area contributed by atoms with Gasteiger partial charge in [-0.1, -0.05) is 30.4 Å². The molecule has 0 N–H and O–H groups in total. The largest absolute Gasteiger partial charge is 0.304 e. The Hall–Kier alpha value is -1.15. The molecule has 0 bridgehead atoms. The summed E-state index contributed by atoms with van der Waals surface area (Å²) < 4.78 is 0. The van der Waals surface area contributed by atoms with Gasteiger partial charge in [0.15, 0.2) is 0 Å². The van der Waals surface area contributed by atoms with E-state index in [0.717, 1.165) is 19.4 Å². The molecule has 0 radical (unpaired) electrons. The van der Waals surface area contributed by atoms with Gasteiger partial charge >= 0.3 is 0 Å². The molecule has 0 spiro atoms. The van der Waals surface area contributed by atoms with Crippen molar-refractivity contribution in [3.05, 3.63) is 36.6 Å². The lowest BCUT2D eigenvalue weighted by Crippen LogP contribution is -2.21. The maximum atomic E-state index is 4.43. The Kier molecular flexibility index (Phi) is 4.94. The average Bonchev–Trinajstić information content (AvgIpc) is 2.15. The van der Waals surface area contributed by atoms with E-state index in [0.29, 0.717) is 0 Å². The van der Waals surface area contributed by atoms with Crippen molar-refractivity contribution in [3.8, 4) is 0 Å². The topological polar surface area (TPSA) is 15.6 Å². The molecule has 1 rings (SSSR count). The smallest absolute Gasteiger partial charge is 0.0364 e. The second-order valence-corrected chi connectivity index (χ2v) is 3.61. The first kappa shape index (κ1) is 10.9. The number of nitrogens with zero attached hydrogens (tertiary/aromatic N) is 2. The Morgan fingerprint density at radius 1 is 1.21 bits per heavy atom. The highest BCUT2D eigenvalue weighted by Crippen LogP contribution is 1.97. The molecule has 0 aromatic carbocycles. The van der Waals surface area contributed by atoms with Gasteiger partial charge in [-0.05, 0) is 20.5 Å². The van der Waals surface area contributed by atoms with Crippen LogP contribution in [0, 0.1) is 0 Å². The van der Waals surface area contributed by atoms with Gasteiger partial charge in [0.05, 0.1) is 0 Å². The Morgan fingerprint density at radius 2 is 2.00 bits per heavy atom. The number of hydrogen-bond acceptors (Lipinski definition) is 2. The normalized spacial score (nSPS) is 24.1. The Labute approximate surface area is 86.3 Å². The zero-order valence-corrected chi connectivity index (χ0v) is 8.98. The van der Waals surface area contributed by atoms with Crippen LogP contribution in [0.25, 0.3) is 0 Å². The van der Waals surface area contributed by atoms with Gasteiger partial charge in [-0.3, -0.25) is 4.99 Å². The minimum absolute atomic E-state index is 0.929. The maximum Gasteiger partial charge on any atom is 0.0364 e. The van der Waals surface area contributed by atoms with E-state index in [1.165, 1.54) is 5.71 Å². The van der Waals surface area contributed by atoms with Crippen molar-refractivity contribution in [3.63, 3.8) is 0 Å². The maximum absolute atomic E-state index is 4.43. The summed E-state index contributed by atoms with van der Waals surface area (Å²) in [5.41, 5.74) is 1.21. The fourth-order valence-corrected chi connectivity index (χ4v) is 1.26. The summed E-state index contributed by atoms with van der Waals surface area (Å²) in [6.07, 6.45) is 14.3. The Balaban J connectivity index is 2.61. The van der Waals surface area contributed by atoms with Crippen molar-refractivity contribution in [1.29, 1.82) is 0 Å². The fraction of sp³-hybridized carbons (Fsp3) is 0.417. The minimum Gasteiger partial charge on any atom is -0.304 e. The van der Waals surface area contributed by atoms with E-state index in [2.05, 4.69) is 54.4 Å². The van der Waals surface area contributed by atoms with Gasteiger partial charge in [0.1, 0.15) is 0 Å². The quantitative estimate of drug-likeness (QED) is 0.653. The SMILES string of the molecule is CN(C)CC1=N/C=C\C/C=C\C=C/C1. The van der Waals surface area contributed by atoms with Crippen LogP contribution in [0.1, 0.15) is 12.8 Å². The first-order valence-electron chi connectivity index (χ1n) is 4.96. The molecule has 0 aromatic heterocycles. The molecule has 0 amide bonds. The highest BCUT2D eigenvalue weighted by atomic mass is 15.1. The summed E-state index contributed by atoms with van der Waals surface area (Å²) in [7, 11) is 4.13. The molecule has 0 saturated heterocycles. The lowest BCUT2D eigenvalue weighted by molar-refractivity contribution is 0.468. The molecule has 14 heavy (non-hydrogen) atoms. The van der Waals surface area contributed by atoms with Crippen molar-refractivity contribution >= 4 is 5.71 Å². The molecule has 76 valence electrons. The number of rotatable bonds is 2. The summed E-state index contributed by atoms with van der Waals surface area (Å²) in [4.78, 5) is 6.58. The fourth-order valence-electron chi connectivity index (χ4n) is 1.26. The van der Waals surface area contributed by atoms with Crippen molar-refractivity contribution in [1.82, 2.24) is 4.90 Å². The standard InChI is InChI=1S/C12H18N2/c1-14(2)11-12-9-7-5-3-4-6-8-10-13-12/h3-5,7-8,10H,6,9,11H2,1-2H3/b4-3-,7-5-,10-8-,13-12?. The first-order chi connectivity index (χ1) is 6.79. The lowest BCUT2D eigenvalue weighted by atomic mass is 10.2. The molecule has 1 heterocycles. The van der Waals surface area contributed by atoms with Crippen LogP contribution in [-0.2, 0) is 0 Å². The highest BCUT2D eigenvalue weighted by molar-refractivity contribution is 5.88. The van der Waals surface area contributed by atoms with Gasteiger partial charge in [-0.15, -0.1) is 0 Å². The van der Waals surface area contributed by atoms with Gasteiger partial charge in [0.25, 0.3) is 0 Å². The minimum atomic E-state index is 0.929. The predicted octanol–water partition coefficient (Wildman–Crippen LogP) is 2.41. The highest BCUT2D eigenvalue weighted by Gasteiger charge is 1.97. The van der Waals surface area contributed by atoms with Gasteiger partial charge in [-0.25, -0.2) is 0 Å². The molecule has 2 heteroatoms. The van der Waals surface area contributed by atoms with E-state index in [9.17, 15) is 0 Å². The van der Waals surface area contributed by atoms with Gasteiger partial charge in [0.2, 0.25) is 0 Å². The lowest BCUT2D eigenvalue weighted by Gasteiger charge is -2.10. The molecule has 0 unspecified atom stereocenters. The Bertz CT molecular complexity index is 270. The van der Waals surface area contributed by atoms with E-state index >= 15 is 0 Å². The summed E-state index contributed by atoms with van der Waals surface area (Å²) >= 11 is 0. The third-order valence-electron chi connectivity index (χ3n) is 1.87. The number of allylic oxidation sites excluding steroid dienone is 5. The molecule has 0 atom stereocenters. The van der Waals surface area contributed by atoms with Gasteiger partial charge in [0, 0.05) is 24.9 Å². The molecule has 0 aliphatic carbocycles. The molecular formula is C12H18N2. The van der Waals surface area contributed by atoms with E-state index in [-0.39, 0.29) is 0 Å². The van der Waals surface area contributed by atoms with Crippen LogP contribution < -0.4 is 0 Å². The van der Waals surface area contributed by atoms with Crippen LogP contribution >= 0.6 is 0 Å². The molecule has 2 nitrogen and oxygen atoms in total. The van der Waals surface area contributed by atoms with E-state index in [1.807, 2.05) is 6.20 Å².